The largest absolute Gasteiger partial charge is 0.315 e. The summed E-state index contributed by atoms with van der Waals surface area (Å²) in [4.78, 5) is 0.373. The molecule has 2 N–H and O–H groups in total. The first kappa shape index (κ1) is 18.4. The fourth-order valence-corrected chi connectivity index (χ4v) is 3.01. The van der Waals surface area contributed by atoms with E-state index in [2.05, 4.69) is 17.0 Å². The molecule has 0 aliphatic carbocycles. The Morgan fingerprint density at radius 2 is 1.79 bits per heavy atom. The van der Waals surface area contributed by atoms with E-state index in [9.17, 15) is 8.42 Å². The molecule has 6 heteroatoms. The number of hydrogen-bond acceptors (Lipinski definition) is 3. The highest BCUT2D eigenvalue weighted by molar-refractivity contribution is 7.89. The summed E-state index contributed by atoms with van der Waals surface area (Å²) in [5.74, 6) is 0. The maximum Gasteiger partial charge on any atom is 0.240 e. The second kappa shape index (κ2) is 8.53. The number of nitrogens with one attached hydrogen (secondary N) is 2. The normalized spacial score (nSPS) is 11.1. The molecule has 0 saturated heterocycles. The van der Waals surface area contributed by atoms with Crippen LogP contribution in [0.25, 0.3) is 0 Å². The fraction of sp³-hybridized carbons (Fsp3) is 0.538. The molecule has 0 spiro atoms. The number of benzene rings is 1. The molecule has 4 nitrogen and oxygen atoms in total. The van der Waals surface area contributed by atoms with Gasteiger partial charge in [-0.1, -0.05) is 19.1 Å². The van der Waals surface area contributed by atoms with E-state index in [0.717, 1.165) is 24.1 Å². The van der Waals surface area contributed by atoms with E-state index in [0.29, 0.717) is 18.0 Å². The topological polar surface area (TPSA) is 58.2 Å². The summed E-state index contributed by atoms with van der Waals surface area (Å²) in [5.41, 5.74) is 1.72. The molecule has 0 aliphatic heterocycles. The fourth-order valence-electron chi connectivity index (χ4n) is 1.65. The van der Waals surface area contributed by atoms with E-state index >= 15 is 0 Å². The second-order valence-electron chi connectivity index (χ2n) is 4.42. The summed E-state index contributed by atoms with van der Waals surface area (Å²) in [6.07, 6.45) is 1.05. The monoisotopic (exact) mass is 306 g/mol. The Bertz CT molecular complexity index is 489. The highest BCUT2D eigenvalue weighted by Crippen LogP contribution is 2.16. The molecular weight excluding hydrogens is 284 g/mol. The third kappa shape index (κ3) is 5.91. The van der Waals surface area contributed by atoms with Crippen LogP contribution in [0, 0.1) is 13.8 Å². The lowest BCUT2D eigenvalue weighted by Gasteiger charge is -2.10. The van der Waals surface area contributed by atoms with Crippen LogP contribution >= 0.6 is 12.4 Å². The third-order valence-electron chi connectivity index (χ3n) is 2.65. The average Bonchev–Trinajstić information content (AvgIpc) is 2.32. The van der Waals surface area contributed by atoms with Gasteiger partial charge in [0.25, 0.3) is 0 Å². The van der Waals surface area contributed by atoms with E-state index in [-0.39, 0.29) is 12.4 Å². The van der Waals surface area contributed by atoms with Crippen LogP contribution in [0.3, 0.4) is 0 Å². The molecule has 0 heterocycles. The number of hydrogen-bond donors (Lipinski definition) is 2. The number of aryl methyl sites for hydroxylation is 2. The summed E-state index contributed by atoms with van der Waals surface area (Å²) in [6, 6.07) is 5.45. The first-order valence-electron chi connectivity index (χ1n) is 6.25. The van der Waals surface area contributed by atoms with Crippen LogP contribution in [0.15, 0.2) is 23.1 Å². The minimum absolute atomic E-state index is 0. The van der Waals surface area contributed by atoms with E-state index in [1.165, 1.54) is 0 Å². The lowest BCUT2D eigenvalue weighted by molar-refractivity contribution is 0.575. The Morgan fingerprint density at radius 3 is 2.42 bits per heavy atom. The highest BCUT2D eigenvalue weighted by Gasteiger charge is 2.15. The lowest BCUT2D eigenvalue weighted by Crippen LogP contribution is -2.32. The molecule has 19 heavy (non-hydrogen) atoms. The second-order valence-corrected chi connectivity index (χ2v) is 6.15. The molecule has 0 bridgehead atoms. The molecule has 1 aromatic carbocycles. The van der Waals surface area contributed by atoms with E-state index in [4.69, 9.17) is 0 Å². The molecule has 0 fully saturated rings. The van der Waals surface area contributed by atoms with Crippen molar-refractivity contribution in [3.63, 3.8) is 0 Å². The summed E-state index contributed by atoms with van der Waals surface area (Å²) in [5, 5.41) is 3.16. The predicted molar refractivity (Wildman–Crippen MR) is 81.5 cm³/mol. The molecule has 110 valence electrons. The molecule has 0 amide bonds. The Balaban J connectivity index is 0.00000324. The van der Waals surface area contributed by atoms with E-state index < -0.39 is 10.0 Å². The maximum absolute atomic E-state index is 12.1. The van der Waals surface area contributed by atoms with Gasteiger partial charge in [-0.15, -0.1) is 12.4 Å². The SMILES string of the molecule is CCCNCCNS(=O)(=O)c1cc(C)ccc1C.Cl. The smallest absolute Gasteiger partial charge is 0.240 e. The zero-order valence-corrected chi connectivity index (χ0v) is 13.3. The Kier molecular flexibility index (Phi) is 8.25. The number of rotatable bonds is 7. The molecule has 0 radical (unpaired) electrons. The van der Waals surface area contributed by atoms with Gasteiger partial charge in [0.1, 0.15) is 0 Å². The van der Waals surface area contributed by atoms with Crippen molar-refractivity contribution in [2.45, 2.75) is 32.1 Å². The molecule has 1 rings (SSSR count). The van der Waals surface area contributed by atoms with Crippen molar-refractivity contribution >= 4 is 22.4 Å². The summed E-state index contributed by atoms with van der Waals surface area (Å²) >= 11 is 0. The van der Waals surface area contributed by atoms with Crippen LogP contribution < -0.4 is 10.0 Å². The van der Waals surface area contributed by atoms with Gasteiger partial charge < -0.3 is 5.32 Å². The van der Waals surface area contributed by atoms with Crippen molar-refractivity contribution in [2.24, 2.45) is 0 Å². The zero-order chi connectivity index (χ0) is 13.6. The quantitative estimate of drug-likeness (QED) is 0.758. The minimum Gasteiger partial charge on any atom is -0.315 e. The average molecular weight is 307 g/mol. The van der Waals surface area contributed by atoms with Gasteiger partial charge in [0.15, 0.2) is 0 Å². The molecule has 0 atom stereocenters. The van der Waals surface area contributed by atoms with Gasteiger partial charge in [0.2, 0.25) is 10.0 Å². The molecule has 1 aromatic rings. The van der Waals surface area contributed by atoms with Gasteiger partial charge >= 0.3 is 0 Å². The molecular formula is C13H23ClN2O2S. The van der Waals surface area contributed by atoms with E-state index in [1.807, 2.05) is 26.0 Å². The highest BCUT2D eigenvalue weighted by atomic mass is 35.5. The van der Waals surface area contributed by atoms with Crippen molar-refractivity contribution in [1.29, 1.82) is 0 Å². The minimum atomic E-state index is -3.39. The van der Waals surface area contributed by atoms with Crippen molar-refractivity contribution in [2.75, 3.05) is 19.6 Å². The number of sulfonamides is 1. The summed E-state index contributed by atoms with van der Waals surface area (Å²) in [6.45, 7) is 7.75. The van der Waals surface area contributed by atoms with Crippen LogP contribution in [0.2, 0.25) is 0 Å². The van der Waals surface area contributed by atoms with E-state index in [1.54, 1.807) is 6.07 Å². The van der Waals surface area contributed by atoms with Crippen LogP contribution in [-0.4, -0.2) is 28.1 Å². The Hall–Kier alpha value is -0.620. The van der Waals surface area contributed by atoms with Crippen molar-refractivity contribution in [1.82, 2.24) is 10.0 Å². The van der Waals surface area contributed by atoms with Crippen LogP contribution in [0.5, 0.6) is 0 Å². The molecule has 0 aromatic heterocycles. The Labute approximate surface area is 122 Å². The van der Waals surface area contributed by atoms with Crippen LogP contribution in [-0.2, 0) is 10.0 Å². The first-order chi connectivity index (χ1) is 8.47. The van der Waals surface area contributed by atoms with Crippen molar-refractivity contribution in [3.05, 3.63) is 29.3 Å². The standard InChI is InChI=1S/C13H22N2O2S.ClH/c1-4-7-14-8-9-15-18(16,17)13-10-11(2)5-6-12(13)3;/h5-6,10,14-15H,4,7-9H2,1-3H3;1H. The Morgan fingerprint density at radius 1 is 1.11 bits per heavy atom. The van der Waals surface area contributed by atoms with Gasteiger partial charge in [-0.05, 0) is 44.0 Å². The van der Waals surface area contributed by atoms with Gasteiger partial charge in [0, 0.05) is 13.1 Å². The molecule has 0 aliphatic rings. The predicted octanol–water partition coefficient (Wildman–Crippen LogP) is 2.00. The maximum atomic E-state index is 12.1. The van der Waals surface area contributed by atoms with Crippen LogP contribution in [0.1, 0.15) is 24.5 Å². The first-order valence-corrected chi connectivity index (χ1v) is 7.73. The van der Waals surface area contributed by atoms with Crippen molar-refractivity contribution < 1.29 is 8.42 Å². The number of halogens is 1. The molecule has 0 saturated carbocycles. The van der Waals surface area contributed by atoms with Gasteiger partial charge in [-0.2, -0.15) is 0 Å². The lowest BCUT2D eigenvalue weighted by atomic mass is 10.2. The molecule has 0 unspecified atom stereocenters. The van der Waals surface area contributed by atoms with Gasteiger partial charge in [0.05, 0.1) is 4.90 Å². The van der Waals surface area contributed by atoms with Crippen molar-refractivity contribution in [3.8, 4) is 0 Å². The summed E-state index contributed by atoms with van der Waals surface area (Å²) < 4.78 is 26.8. The zero-order valence-electron chi connectivity index (χ0n) is 11.7. The summed E-state index contributed by atoms with van der Waals surface area (Å²) in [7, 11) is -3.39. The van der Waals surface area contributed by atoms with Gasteiger partial charge in [-0.3, -0.25) is 0 Å². The third-order valence-corrected chi connectivity index (χ3v) is 4.26. The van der Waals surface area contributed by atoms with Gasteiger partial charge in [-0.25, -0.2) is 13.1 Å². The van der Waals surface area contributed by atoms with Crippen LogP contribution in [0.4, 0.5) is 0 Å².